The minimum absolute atomic E-state index is 0.285. The number of aromatic amines is 1. The van der Waals surface area contributed by atoms with Gasteiger partial charge in [-0.05, 0) is 42.8 Å². The number of nitrogens with one attached hydrogen (secondary N) is 2. The molecular formula is C17H12ClN3O. The molecule has 0 spiro atoms. The number of fused-ring (bicyclic) bond motifs is 1. The molecule has 22 heavy (non-hydrogen) atoms. The Morgan fingerprint density at radius 3 is 2.82 bits per heavy atom. The third kappa shape index (κ3) is 2.43. The first-order valence-electron chi connectivity index (χ1n) is 6.68. The van der Waals surface area contributed by atoms with Gasteiger partial charge in [-0.2, -0.15) is 5.26 Å². The van der Waals surface area contributed by atoms with E-state index in [1.165, 1.54) is 0 Å². The summed E-state index contributed by atoms with van der Waals surface area (Å²) in [6.07, 6.45) is 0. The van der Waals surface area contributed by atoms with Crippen molar-refractivity contribution in [3.63, 3.8) is 0 Å². The van der Waals surface area contributed by atoms with Gasteiger partial charge in [0.2, 0.25) is 0 Å². The average Bonchev–Trinajstić information content (AvgIpc) is 2.85. The van der Waals surface area contributed by atoms with Gasteiger partial charge in [0.15, 0.2) is 0 Å². The summed E-state index contributed by atoms with van der Waals surface area (Å²) < 4.78 is 0. The fraction of sp³-hybridized carbons (Fsp3) is 0.0588. The largest absolute Gasteiger partial charge is 0.350 e. The van der Waals surface area contributed by atoms with Gasteiger partial charge in [0, 0.05) is 15.9 Å². The molecule has 2 aromatic carbocycles. The van der Waals surface area contributed by atoms with Crippen LogP contribution in [0.3, 0.4) is 0 Å². The number of benzene rings is 2. The van der Waals surface area contributed by atoms with Crippen molar-refractivity contribution in [3.8, 4) is 6.07 Å². The van der Waals surface area contributed by atoms with Gasteiger partial charge in [-0.3, -0.25) is 4.79 Å². The molecule has 2 N–H and O–H groups in total. The number of nitrogens with zero attached hydrogens (tertiary/aromatic N) is 1. The summed E-state index contributed by atoms with van der Waals surface area (Å²) in [5, 5.41) is 13.4. The van der Waals surface area contributed by atoms with E-state index in [1.54, 1.807) is 30.3 Å². The van der Waals surface area contributed by atoms with E-state index in [-0.39, 0.29) is 5.91 Å². The SMILES string of the molecule is Cc1c(C(=O)Nc2ccccc2C#N)[nH]c2ccc(Cl)cc12. The molecule has 4 nitrogen and oxygen atoms in total. The zero-order valence-electron chi connectivity index (χ0n) is 11.8. The monoisotopic (exact) mass is 309 g/mol. The van der Waals surface area contributed by atoms with Crippen LogP contribution in [0.1, 0.15) is 21.6 Å². The molecule has 0 aliphatic rings. The minimum Gasteiger partial charge on any atom is -0.350 e. The average molecular weight is 310 g/mol. The summed E-state index contributed by atoms with van der Waals surface area (Å²) in [6.45, 7) is 1.86. The molecule has 0 aliphatic carbocycles. The topological polar surface area (TPSA) is 68.7 Å². The van der Waals surface area contributed by atoms with Gasteiger partial charge in [0.05, 0.1) is 11.3 Å². The number of aromatic nitrogens is 1. The standard InChI is InChI=1S/C17H12ClN3O/c1-10-13-8-12(18)6-7-15(13)20-16(10)17(22)21-14-5-3-2-4-11(14)9-19/h2-8,20H,1H3,(H,21,22). The fourth-order valence-corrected chi connectivity index (χ4v) is 2.57. The molecule has 1 heterocycles. The van der Waals surface area contributed by atoms with Crippen molar-refractivity contribution in [3.05, 3.63) is 64.3 Å². The number of carbonyl (C=O) groups excluding carboxylic acids is 1. The lowest BCUT2D eigenvalue weighted by atomic mass is 10.1. The first-order valence-corrected chi connectivity index (χ1v) is 7.06. The van der Waals surface area contributed by atoms with Gasteiger partial charge >= 0.3 is 0 Å². The van der Waals surface area contributed by atoms with E-state index in [0.717, 1.165) is 16.5 Å². The Kier molecular flexibility index (Phi) is 3.58. The number of amides is 1. The lowest BCUT2D eigenvalue weighted by Crippen LogP contribution is -2.14. The van der Waals surface area contributed by atoms with Crippen LogP contribution in [0.15, 0.2) is 42.5 Å². The molecule has 5 heteroatoms. The molecule has 0 fully saturated rings. The van der Waals surface area contributed by atoms with Crippen LogP contribution < -0.4 is 5.32 Å². The van der Waals surface area contributed by atoms with Crippen LogP contribution in [0, 0.1) is 18.3 Å². The Morgan fingerprint density at radius 2 is 2.05 bits per heavy atom. The molecule has 0 radical (unpaired) electrons. The summed E-state index contributed by atoms with van der Waals surface area (Å²) >= 11 is 6.00. The van der Waals surface area contributed by atoms with Gasteiger partial charge < -0.3 is 10.3 Å². The molecular weight excluding hydrogens is 298 g/mol. The van der Waals surface area contributed by atoms with E-state index in [9.17, 15) is 4.79 Å². The Bertz CT molecular complexity index is 921. The van der Waals surface area contributed by atoms with Gasteiger partial charge in [-0.15, -0.1) is 0 Å². The number of anilines is 1. The molecule has 1 aromatic heterocycles. The van der Waals surface area contributed by atoms with Gasteiger partial charge in [-0.25, -0.2) is 0 Å². The predicted molar refractivity (Wildman–Crippen MR) is 87.2 cm³/mol. The molecule has 0 bridgehead atoms. The van der Waals surface area contributed by atoms with Gasteiger partial charge in [0.1, 0.15) is 11.8 Å². The van der Waals surface area contributed by atoms with Crippen LogP contribution in [0.5, 0.6) is 0 Å². The molecule has 0 unspecified atom stereocenters. The van der Waals surface area contributed by atoms with E-state index < -0.39 is 0 Å². The first-order chi connectivity index (χ1) is 10.6. The number of carbonyl (C=O) groups is 1. The van der Waals surface area contributed by atoms with Crippen LogP contribution in [-0.4, -0.2) is 10.9 Å². The Morgan fingerprint density at radius 1 is 1.27 bits per heavy atom. The molecule has 3 aromatic rings. The second kappa shape index (κ2) is 5.55. The third-order valence-corrected chi connectivity index (χ3v) is 3.78. The summed E-state index contributed by atoms with van der Waals surface area (Å²) in [4.78, 5) is 15.6. The number of hydrogen-bond acceptors (Lipinski definition) is 2. The van der Waals surface area contributed by atoms with E-state index in [1.807, 2.05) is 19.1 Å². The Balaban J connectivity index is 1.99. The quantitative estimate of drug-likeness (QED) is 0.743. The van der Waals surface area contributed by atoms with E-state index >= 15 is 0 Å². The molecule has 0 atom stereocenters. The lowest BCUT2D eigenvalue weighted by Gasteiger charge is -2.06. The molecule has 3 rings (SSSR count). The normalized spacial score (nSPS) is 10.4. The number of aryl methyl sites for hydroxylation is 1. The molecule has 0 saturated heterocycles. The van der Waals surface area contributed by atoms with Gasteiger partial charge in [-0.1, -0.05) is 23.7 Å². The number of nitriles is 1. The maximum absolute atomic E-state index is 12.5. The highest BCUT2D eigenvalue weighted by atomic mass is 35.5. The summed E-state index contributed by atoms with van der Waals surface area (Å²) in [5.41, 5.74) is 3.05. The van der Waals surface area contributed by atoms with Crippen molar-refractivity contribution < 1.29 is 4.79 Å². The Labute approximate surface area is 132 Å². The van der Waals surface area contributed by atoms with Crippen molar-refractivity contribution in [2.45, 2.75) is 6.92 Å². The zero-order chi connectivity index (χ0) is 15.7. The number of halogens is 1. The molecule has 1 amide bonds. The molecule has 108 valence electrons. The maximum atomic E-state index is 12.5. The van der Waals surface area contributed by atoms with E-state index in [4.69, 9.17) is 16.9 Å². The second-order valence-electron chi connectivity index (χ2n) is 4.93. The second-order valence-corrected chi connectivity index (χ2v) is 5.36. The van der Waals surface area contributed by atoms with E-state index in [2.05, 4.69) is 16.4 Å². The lowest BCUT2D eigenvalue weighted by molar-refractivity contribution is 0.102. The molecule has 0 aliphatic heterocycles. The highest BCUT2D eigenvalue weighted by Gasteiger charge is 2.16. The summed E-state index contributed by atoms with van der Waals surface area (Å²) in [6, 6.07) is 14.4. The predicted octanol–water partition coefficient (Wildman–Crippen LogP) is 4.25. The number of hydrogen-bond donors (Lipinski definition) is 2. The van der Waals surface area contributed by atoms with Crippen LogP contribution in [0.4, 0.5) is 5.69 Å². The van der Waals surface area contributed by atoms with Crippen LogP contribution >= 0.6 is 11.6 Å². The minimum atomic E-state index is -0.285. The summed E-state index contributed by atoms with van der Waals surface area (Å²) in [5.74, 6) is -0.285. The van der Waals surface area contributed by atoms with Crippen molar-refractivity contribution >= 4 is 34.1 Å². The van der Waals surface area contributed by atoms with Crippen molar-refractivity contribution in [1.82, 2.24) is 4.98 Å². The van der Waals surface area contributed by atoms with Crippen LogP contribution in [0.25, 0.3) is 10.9 Å². The number of H-pyrrole nitrogens is 1. The van der Waals surface area contributed by atoms with Crippen LogP contribution in [-0.2, 0) is 0 Å². The van der Waals surface area contributed by atoms with Crippen molar-refractivity contribution in [2.75, 3.05) is 5.32 Å². The Hall–Kier alpha value is -2.77. The number of para-hydroxylation sites is 1. The molecule has 0 saturated carbocycles. The van der Waals surface area contributed by atoms with Crippen LogP contribution in [0.2, 0.25) is 5.02 Å². The smallest absolute Gasteiger partial charge is 0.272 e. The van der Waals surface area contributed by atoms with Crippen molar-refractivity contribution in [1.29, 1.82) is 5.26 Å². The fourth-order valence-electron chi connectivity index (χ4n) is 2.40. The first kappa shape index (κ1) is 14.2. The van der Waals surface area contributed by atoms with Crippen molar-refractivity contribution in [2.24, 2.45) is 0 Å². The number of rotatable bonds is 2. The maximum Gasteiger partial charge on any atom is 0.272 e. The summed E-state index contributed by atoms with van der Waals surface area (Å²) in [7, 11) is 0. The third-order valence-electron chi connectivity index (χ3n) is 3.54. The zero-order valence-corrected chi connectivity index (χ0v) is 12.5. The highest BCUT2D eigenvalue weighted by molar-refractivity contribution is 6.31. The van der Waals surface area contributed by atoms with Gasteiger partial charge in [0.25, 0.3) is 5.91 Å². The van der Waals surface area contributed by atoms with E-state index in [0.29, 0.717) is 22.0 Å². The highest BCUT2D eigenvalue weighted by Crippen LogP contribution is 2.25.